The molecular formula is C56H52N8O4. The number of aromatic nitrogens is 4. The number of carbonyl (C=O) groups is 1. The van der Waals surface area contributed by atoms with Gasteiger partial charge in [0.2, 0.25) is 0 Å². The Balaban J connectivity index is 1.11. The molecule has 0 aliphatic carbocycles. The predicted octanol–water partition coefficient (Wildman–Crippen LogP) is 12.3. The summed E-state index contributed by atoms with van der Waals surface area (Å²) in [5.74, 6) is -0.197. The van der Waals surface area contributed by atoms with Crippen LogP contribution in [0.5, 0.6) is 0 Å². The minimum absolute atomic E-state index is 0.197. The van der Waals surface area contributed by atoms with Gasteiger partial charge in [-0.3, -0.25) is 4.79 Å². The van der Waals surface area contributed by atoms with Crippen LogP contribution in [0.15, 0.2) is 126 Å². The molecule has 12 heteroatoms. The molecule has 0 atom stereocenters. The normalized spacial score (nSPS) is 11.8. The maximum atomic E-state index is 13.3. The summed E-state index contributed by atoms with van der Waals surface area (Å²) in [6.45, 7) is 9.24. The van der Waals surface area contributed by atoms with E-state index < -0.39 is 0 Å². The van der Waals surface area contributed by atoms with Crippen molar-refractivity contribution in [1.82, 2.24) is 25.3 Å². The van der Waals surface area contributed by atoms with E-state index in [0.717, 1.165) is 89.4 Å². The first-order valence-corrected chi connectivity index (χ1v) is 22.8. The average molecular weight is 901 g/mol. The minimum Gasteiger partial charge on any atom is -0.379 e. The molecule has 0 unspecified atom stereocenters. The first kappa shape index (κ1) is 45.3. The maximum absolute atomic E-state index is 13.3. The van der Waals surface area contributed by atoms with Gasteiger partial charge in [-0.05, 0) is 109 Å². The van der Waals surface area contributed by atoms with E-state index in [4.69, 9.17) is 29.7 Å². The number of hydrogen-bond donors (Lipinski definition) is 3. The van der Waals surface area contributed by atoms with Crippen LogP contribution in [0.25, 0.3) is 101 Å². The largest absolute Gasteiger partial charge is 0.379 e. The summed E-state index contributed by atoms with van der Waals surface area (Å²) in [7, 11) is 0. The van der Waals surface area contributed by atoms with Gasteiger partial charge in [0, 0.05) is 67.9 Å². The molecule has 3 aromatic heterocycles. The SMILES string of the molecule is Cc1ccc(-c2c3nc(c(-c4ccc(C)cc4)c4ccc([nH]4)c(-c4ccc(C(=O)NCCOCCOCCOCCN=[N+]=[N-])cc4)c4nc(c(-c5ccc(C)cc5)c5ccc2[nH]5)C=C4)C=C3)cc1. The van der Waals surface area contributed by atoms with Crippen LogP contribution in [0.3, 0.4) is 0 Å². The van der Waals surface area contributed by atoms with E-state index in [2.05, 4.69) is 167 Å². The highest BCUT2D eigenvalue weighted by Gasteiger charge is 2.19. The molecule has 0 saturated carbocycles. The minimum atomic E-state index is -0.197. The lowest BCUT2D eigenvalue weighted by molar-refractivity contribution is 0.0166. The Morgan fingerprint density at radius 3 is 1.21 bits per heavy atom. The summed E-state index contributed by atoms with van der Waals surface area (Å²) in [5, 5.41) is 6.39. The van der Waals surface area contributed by atoms with Gasteiger partial charge in [0.05, 0.1) is 62.4 Å². The van der Waals surface area contributed by atoms with Crippen molar-refractivity contribution in [3.63, 3.8) is 0 Å². The van der Waals surface area contributed by atoms with Crippen LogP contribution < -0.4 is 5.32 Å². The van der Waals surface area contributed by atoms with Crippen molar-refractivity contribution in [3.8, 4) is 44.5 Å². The zero-order valence-electron chi connectivity index (χ0n) is 38.4. The highest BCUT2D eigenvalue weighted by molar-refractivity contribution is 6.00. The van der Waals surface area contributed by atoms with E-state index in [1.165, 1.54) is 16.7 Å². The van der Waals surface area contributed by atoms with Crippen molar-refractivity contribution >= 4 is 52.3 Å². The van der Waals surface area contributed by atoms with Crippen LogP contribution >= 0.6 is 0 Å². The van der Waals surface area contributed by atoms with Gasteiger partial charge in [-0.2, -0.15) is 0 Å². The monoisotopic (exact) mass is 900 g/mol. The van der Waals surface area contributed by atoms with Crippen molar-refractivity contribution in [2.24, 2.45) is 5.11 Å². The topological polar surface area (TPSA) is 163 Å². The van der Waals surface area contributed by atoms with Gasteiger partial charge in [0.15, 0.2) is 0 Å². The van der Waals surface area contributed by atoms with Gasteiger partial charge < -0.3 is 29.5 Å². The van der Waals surface area contributed by atoms with Crippen LogP contribution in [-0.2, 0) is 14.2 Å². The number of fused-ring (bicyclic) bond motifs is 8. The molecule has 2 aliphatic rings. The fraction of sp³-hybridized carbons (Fsp3) is 0.196. The molecule has 0 saturated heterocycles. The smallest absolute Gasteiger partial charge is 0.251 e. The first-order chi connectivity index (χ1) is 33.3. The van der Waals surface area contributed by atoms with Crippen LogP contribution in [0, 0.1) is 20.8 Å². The summed E-state index contributed by atoms with van der Waals surface area (Å²) in [5.41, 5.74) is 27.2. The van der Waals surface area contributed by atoms with Gasteiger partial charge in [-0.15, -0.1) is 0 Å². The highest BCUT2D eigenvalue weighted by Crippen LogP contribution is 2.38. The molecule has 9 rings (SSSR count). The number of ether oxygens (including phenoxy) is 3. The second-order valence-electron chi connectivity index (χ2n) is 16.7. The van der Waals surface area contributed by atoms with Crippen LogP contribution in [0.2, 0.25) is 0 Å². The molecule has 7 aromatic rings. The third-order valence-corrected chi connectivity index (χ3v) is 11.9. The molecule has 0 spiro atoms. The number of azide groups is 1. The third kappa shape index (κ3) is 10.4. The Morgan fingerprint density at radius 2 is 0.838 bits per heavy atom. The Morgan fingerprint density at radius 1 is 0.500 bits per heavy atom. The van der Waals surface area contributed by atoms with Gasteiger partial charge in [0.25, 0.3) is 5.91 Å². The molecule has 2 aliphatic heterocycles. The van der Waals surface area contributed by atoms with Gasteiger partial charge in [0.1, 0.15) is 0 Å². The van der Waals surface area contributed by atoms with Crippen molar-refractivity contribution < 1.29 is 19.0 Å². The summed E-state index contributed by atoms with van der Waals surface area (Å²) < 4.78 is 16.5. The molecule has 3 N–H and O–H groups in total. The number of rotatable bonds is 17. The molecule has 0 radical (unpaired) electrons. The van der Waals surface area contributed by atoms with E-state index in [-0.39, 0.29) is 5.91 Å². The number of amides is 1. The Bertz CT molecular complexity index is 3170. The first-order valence-electron chi connectivity index (χ1n) is 22.8. The van der Waals surface area contributed by atoms with E-state index in [9.17, 15) is 4.79 Å². The summed E-state index contributed by atoms with van der Waals surface area (Å²) in [4.78, 5) is 34.5. The van der Waals surface area contributed by atoms with E-state index in [1.54, 1.807) is 0 Å². The van der Waals surface area contributed by atoms with Crippen molar-refractivity contribution in [1.29, 1.82) is 0 Å². The summed E-state index contributed by atoms with van der Waals surface area (Å²) in [6.07, 6.45) is 8.40. The fourth-order valence-corrected chi connectivity index (χ4v) is 8.40. The van der Waals surface area contributed by atoms with Crippen LogP contribution in [0.4, 0.5) is 0 Å². The molecular weight excluding hydrogens is 849 g/mol. The van der Waals surface area contributed by atoms with Crippen LogP contribution in [0.1, 0.15) is 49.8 Å². The van der Waals surface area contributed by atoms with E-state index in [1.807, 2.05) is 24.3 Å². The molecule has 5 heterocycles. The Hall–Kier alpha value is -7.86. The maximum Gasteiger partial charge on any atom is 0.251 e. The highest BCUT2D eigenvalue weighted by atomic mass is 16.5. The predicted molar refractivity (Wildman–Crippen MR) is 274 cm³/mol. The molecule has 1 amide bonds. The number of H-pyrrole nitrogens is 2. The van der Waals surface area contributed by atoms with Crippen molar-refractivity contribution in [3.05, 3.63) is 177 Å². The zero-order chi connectivity index (χ0) is 46.8. The fourth-order valence-electron chi connectivity index (χ4n) is 8.40. The summed E-state index contributed by atoms with van der Waals surface area (Å²) in [6, 6.07) is 41.9. The second kappa shape index (κ2) is 21.2. The number of benzene rings is 4. The number of aryl methyl sites for hydroxylation is 3. The van der Waals surface area contributed by atoms with Gasteiger partial charge in [-0.1, -0.05) is 107 Å². The number of carbonyl (C=O) groups excluding carboxylic acids is 1. The summed E-state index contributed by atoms with van der Waals surface area (Å²) >= 11 is 0. The lowest BCUT2D eigenvalue weighted by Gasteiger charge is -2.09. The molecule has 8 bridgehead atoms. The second-order valence-corrected chi connectivity index (χ2v) is 16.7. The molecule has 0 fully saturated rings. The molecule has 340 valence electrons. The lowest BCUT2D eigenvalue weighted by Crippen LogP contribution is -2.27. The van der Waals surface area contributed by atoms with E-state index >= 15 is 0 Å². The molecule has 12 nitrogen and oxygen atoms in total. The number of nitrogens with one attached hydrogen (secondary N) is 3. The Kier molecular flexibility index (Phi) is 14.1. The Labute approximate surface area is 395 Å². The zero-order valence-corrected chi connectivity index (χ0v) is 38.4. The molecule has 68 heavy (non-hydrogen) atoms. The van der Waals surface area contributed by atoms with Crippen molar-refractivity contribution in [2.45, 2.75) is 20.8 Å². The molecule has 4 aromatic carbocycles. The number of hydrogen-bond acceptors (Lipinski definition) is 7. The van der Waals surface area contributed by atoms with Crippen LogP contribution in [-0.4, -0.2) is 78.6 Å². The van der Waals surface area contributed by atoms with E-state index in [0.29, 0.717) is 58.3 Å². The van der Waals surface area contributed by atoms with Crippen molar-refractivity contribution in [2.75, 3.05) is 52.7 Å². The lowest BCUT2D eigenvalue weighted by atomic mass is 10.0. The number of aromatic amines is 2. The van der Waals surface area contributed by atoms with Gasteiger partial charge in [-0.25, -0.2) is 9.97 Å². The average Bonchev–Trinajstić information content (AvgIpc) is 4.21. The standard InChI is InChI=1S/C56H52N8O4/c1-36-4-10-39(11-5-36)52-44-20-22-46(60-44)53(40-12-6-37(2)7-13-40)48-24-26-50(62-48)55(51-27-25-49(63-51)54(47-23-21-45(52)61-47)41-14-8-38(3)9-15-41)42-16-18-43(19-17-42)56(65)58-28-30-66-32-34-68-35-33-67-31-29-59-64-57/h4-27,60,63H,28-35H2,1-3H3,(H,58,65). The number of nitrogens with zero attached hydrogens (tertiary/aromatic N) is 5. The third-order valence-electron chi connectivity index (χ3n) is 11.9. The quantitative estimate of drug-likeness (QED) is 0.0356. The van der Waals surface area contributed by atoms with Gasteiger partial charge >= 0.3 is 0 Å².